The second-order valence-electron chi connectivity index (χ2n) is 6.85. The summed E-state index contributed by atoms with van der Waals surface area (Å²) in [4.78, 5) is 31.8. The van der Waals surface area contributed by atoms with Crippen molar-refractivity contribution < 1.29 is 9.53 Å². The van der Waals surface area contributed by atoms with Gasteiger partial charge in [-0.05, 0) is 18.6 Å². The first-order valence-corrected chi connectivity index (χ1v) is 10.3. The monoisotopic (exact) mass is 419 g/mol. The Morgan fingerprint density at radius 2 is 1.87 bits per heavy atom. The van der Waals surface area contributed by atoms with Gasteiger partial charge in [-0.25, -0.2) is 4.98 Å². The molecule has 152 valence electrons. The fraction of sp³-hybridized carbons (Fsp3) is 0.174. The van der Waals surface area contributed by atoms with Crippen LogP contribution in [0.3, 0.4) is 0 Å². The Balaban J connectivity index is 1.60. The van der Waals surface area contributed by atoms with Crippen LogP contribution in [-0.2, 0) is 17.9 Å². The molecule has 0 saturated carbocycles. The van der Waals surface area contributed by atoms with Crippen LogP contribution >= 0.6 is 11.3 Å². The van der Waals surface area contributed by atoms with Gasteiger partial charge in [-0.15, -0.1) is 11.3 Å². The van der Waals surface area contributed by atoms with Crippen molar-refractivity contribution >= 4 is 27.5 Å². The molecule has 4 rings (SSSR count). The van der Waals surface area contributed by atoms with Crippen LogP contribution in [0.4, 0.5) is 0 Å². The Morgan fingerprint density at radius 1 is 1.13 bits per heavy atom. The second-order valence-corrected chi connectivity index (χ2v) is 8.05. The SMILES string of the molecule is COc1ccccc1CNC(=O)Cn1cnc2sc(C)c(-c3ccccc3)c2c1=O. The number of hydrogen-bond acceptors (Lipinski definition) is 5. The first kappa shape index (κ1) is 19.8. The zero-order valence-electron chi connectivity index (χ0n) is 16.7. The van der Waals surface area contributed by atoms with Crippen LogP contribution in [-0.4, -0.2) is 22.6 Å². The maximum atomic E-state index is 13.2. The van der Waals surface area contributed by atoms with Gasteiger partial charge in [0.15, 0.2) is 0 Å². The van der Waals surface area contributed by atoms with Crippen LogP contribution < -0.4 is 15.6 Å². The highest BCUT2D eigenvalue weighted by Crippen LogP contribution is 2.35. The number of aryl methyl sites for hydroxylation is 1. The highest BCUT2D eigenvalue weighted by atomic mass is 32.1. The number of amides is 1. The summed E-state index contributed by atoms with van der Waals surface area (Å²) >= 11 is 1.49. The number of nitrogens with zero attached hydrogens (tertiary/aromatic N) is 2. The fourth-order valence-electron chi connectivity index (χ4n) is 3.46. The van der Waals surface area contributed by atoms with Crippen molar-refractivity contribution in [3.8, 4) is 16.9 Å². The smallest absolute Gasteiger partial charge is 0.263 e. The van der Waals surface area contributed by atoms with Crippen LogP contribution in [0.15, 0.2) is 65.7 Å². The van der Waals surface area contributed by atoms with Crippen LogP contribution in [0.5, 0.6) is 5.75 Å². The number of benzene rings is 2. The summed E-state index contributed by atoms with van der Waals surface area (Å²) in [6, 6.07) is 17.3. The van der Waals surface area contributed by atoms with Gasteiger partial charge in [0.1, 0.15) is 17.1 Å². The van der Waals surface area contributed by atoms with E-state index in [1.807, 2.05) is 61.5 Å². The molecule has 0 fully saturated rings. The maximum absolute atomic E-state index is 13.2. The average Bonchev–Trinajstić information content (AvgIpc) is 3.11. The van der Waals surface area contributed by atoms with E-state index in [1.165, 1.54) is 22.2 Å². The largest absolute Gasteiger partial charge is 0.496 e. The van der Waals surface area contributed by atoms with Gasteiger partial charge >= 0.3 is 0 Å². The highest BCUT2D eigenvalue weighted by molar-refractivity contribution is 7.19. The van der Waals surface area contributed by atoms with Gasteiger partial charge in [0.25, 0.3) is 5.56 Å². The molecular weight excluding hydrogens is 398 g/mol. The number of carbonyl (C=O) groups excluding carboxylic acids is 1. The van der Waals surface area contributed by atoms with Crippen molar-refractivity contribution in [2.45, 2.75) is 20.0 Å². The molecular formula is C23H21N3O3S. The lowest BCUT2D eigenvalue weighted by atomic mass is 10.0. The van der Waals surface area contributed by atoms with E-state index in [0.717, 1.165) is 21.6 Å². The van der Waals surface area contributed by atoms with Crippen molar-refractivity contribution in [3.05, 3.63) is 81.7 Å². The number of methoxy groups -OCH3 is 1. The van der Waals surface area contributed by atoms with Crippen LogP contribution in [0, 0.1) is 6.92 Å². The molecule has 0 bridgehead atoms. The molecule has 0 aliphatic carbocycles. The molecule has 4 aromatic rings. The number of nitrogens with one attached hydrogen (secondary N) is 1. The molecule has 30 heavy (non-hydrogen) atoms. The summed E-state index contributed by atoms with van der Waals surface area (Å²) in [6.45, 7) is 2.21. The predicted octanol–water partition coefficient (Wildman–Crippen LogP) is 3.76. The molecule has 2 aromatic carbocycles. The van der Waals surface area contributed by atoms with Gasteiger partial charge in [0, 0.05) is 22.5 Å². The van der Waals surface area contributed by atoms with E-state index in [0.29, 0.717) is 22.5 Å². The van der Waals surface area contributed by atoms with Gasteiger partial charge in [-0.2, -0.15) is 0 Å². The van der Waals surface area contributed by atoms with Crippen LogP contribution in [0.2, 0.25) is 0 Å². The summed E-state index contributed by atoms with van der Waals surface area (Å²) in [6.07, 6.45) is 1.44. The Bertz CT molecular complexity index is 1260. The zero-order valence-corrected chi connectivity index (χ0v) is 17.5. The van der Waals surface area contributed by atoms with E-state index < -0.39 is 0 Å². The summed E-state index contributed by atoms with van der Waals surface area (Å²) < 4.78 is 6.66. The van der Waals surface area contributed by atoms with Crippen molar-refractivity contribution in [1.82, 2.24) is 14.9 Å². The normalized spacial score (nSPS) is 10.9. The van der Waals surface area contributed by atoms with Crippen molar-refractivity contribution in [2.24, 2.45) is 0 Å². The third kappa shape index (κ3) is 3.84. The van der Waals surface area contributed by atoms with Crippen LogP contribution in [0.1, 0.15) is 10.4 Å². The molecule has 1 N–H and O–H groups in total. The Hall–Kier alpha value is -3.45. The van der Waals surface area contributed by atoms with Crippen LogP contribution in [0.25, 0.3) is 21.3 Å². The zero-order chi connectivity index (χ0) is 21.1. The van der Waals surface area contributed by atoms with Crippen molar-refractivity contribution in [2.75, 3.05) is 7.11 Å². The topological polar surface area (TPSA) is 73.2 Å². The van der Waals surface area contributed by atoms with Crippen molar-refractivity contribution in [3.63, 3.8) is 0 Å². The first-order valence-electron chi connectivity index (χ1n) is 9.51. The van der Waals surface area contributed by atoms with E-state index in [-0.39, 0.29) is 18.0 Å². The molecule has 0 aliphatic heterocycles. The lowest BCUT2D eigenvalue weighted by Crippen LogP contribution is -2.32. The molecule has 2 heterocycles. The molecule has 0 spiro atoms. The summed E-state index contributed by atoms with van der Waals surface area (Å²) in [5, 5.41) is 3.40. The number of thiophene rings is 1. The number of fused-ring (bicyclic) bond motifs is 1. The third-order valence-corrected chi connectivity index (χ3v) is 5.91. The Kier molecular flexibility index (Phi) is 5.63. The number of rotatable bonds is 6. The van der Waals surface area contributed by atoms with E-state index >= 15 is 0 Å². The molecule has 1 amide bonds. The second kappa shape index (κ2) is 8.51. The lowest BCUT2D eigenvalue weighted by molar-refractivity contribution is -0.121. The van der Waals surface area contributed by atoms with Gasteiger partial charge in [0.05, 0.1) is 18.8 Å². The van der Waals surface area contributed by atoms with Gasteiger partial charge in [-0.3, -0.25) is 14.2 Å². The van der Waals surface area contributed by atoms with E-state index in [9.17, 15) is 9.59 Å². The summed E-state index contributed by atoms with van der Waals surface area (Å²) in [5.74, 6) is 0.441. The molecule has 0 unspecified atom stereocenters. The van der Waals surface area contributed by atoms with E-state index in [1.54, 1.807) is 7.11 Å². The van der Waals surface area contributed by atoms with E-state index in [2.05, 4.69) is 10.3 Å². The Morgan fingerprint density at radius 3 is 2.63 bits per heavy atom. The minimum absolute atomic E-state index is 0.0972. The number of carbonyl (C=O) groups is 1. The number of ether oxygens (including phenoxy) is 1. The number of hydrogen-bond donors (Lipinski definition) is 1. The molecule has 6 nitrogen and oxygen atoms in total. The molecule has 0 saturated heterocycles. The predicted molar refractivity (Wildman–Crippen MR) is 119 cm³/mol. The number of para-hydroxylation sites is 1. The lowest BCUT2D eigenvalue weighted by Gasteiger charge is -2.10. The minimum Gasteiger partial charge on any atom is -0.496 e. The highest BCUT2D eigenvalue weighted by Gasteiger charge is 2.17. The Labute approximate surface area is 177 Å². The quantitative estimate of drug-likeness (QED) is 0.517. The molecule has 7 heteroatoms. The van der Waals surface area contributed by atoms with E-state index in [4.69, 9.17) is 4.74 Å². The maximum Gasteiger partial charge on any atom is 0.263 e. The summed E-state index contributed by atoms with van der Waals surface area (Å²) in [7, 11) is 1.59. The standard InChI is InChI=1S/C23H21N3O3S/c1-15-20(16-8-4-3-5-9-16)21-22(30-15)25-14-26(23(21)28)13-19(27)24-12-17-10-6-7-11-18(17)29-2/h3-11,14H,12-13H2,1-2H3,(H,24,27). The fourth-order valence-corrected chi connectivity index (χ4v) is 4.46. The van der Waals surface area contributed by atoms with Gasteiger partial charge in [-0.1, -0.05) is 48.5 Å². The van der Waals surface area contributed by atoms with Gasteiger partial charge in [0.2, 0.25) is 5.91 Å². The van der Waals surface area contributed by atoms with Gasteiger partial charge < -0.3 is 10.1 Å². The molecule has 2 aromatic heterocycles. The molecule has 0 atom stereocenters. The summed E-state index contributed by atoms with van der Waals surface area (Å²) in [5.41, 5.74) is 2.51. The minimum atomic E-state index is -0.266. The first-order chi connectivity index (χ1) is 14.6. The molecule has 0 aliphatic rings. The van der Waals surface area contributed by atoms with Crippen molar-refractivity contribution in [1.29, 1.82) is 0 Å². The average molecular weight is 420 g/mol. The molecule has 0 radical (unpaired) electrons. The number of aromatic nitrogens is 2. The third-order valence-electron chi connectivity index (χ3n) is 4.90.